The first-order chi connectivity index (χ1) is 9.95. The lowest BCUT2D eigenvalue weighted by Gasteiger charge is -2.15. The SMILES string of the molecule is C/C(=C\CS)CCCC(C)CCCC(C)CCCC(C)C. The van der Waals surface area contributed by atoms with Gasteiger partial charge in [-0.05, 0) is 37.5 Å². The van der Waals surface area contributed by atoms with Gasteiger partial charge in [0.1, 0.15) is 0 Å². The maximum atomic E-state index is 4.25. The molecule has 0 aliphatic rings. The molecular weight excluding hydrogens is 272 g/mol. The standard InChI is InChI=1S/C20H40S/c1-17(2)9-6-10-18(3)11-7-12-19(4)13-8-14-20(5)15-16-21/h15,17-19,21H,6-14,16H2,1-5H3/b20-15+. The van der Waals surface area contributed by atoms with Crippen LogP contribution in [0.25, 0.3) is 0 Å². The van der Waals surface area contributed by atoms with Crippen LogP contribution < -0.4 is 0 Å². The monoisotopic (exact) mass is 312 g/mol. The Morgan fingerprint density at radius 1 is 0.810 bits per heavy atom. The van der Waals surface area contributed by atoms with Crippen molar-refractivity contribution in [1.29, 1.82) is 0 Å². The number of rotatable bonds is 13. The van der Waals surface area contributed by atoms with E-state index in [9.17, 15) is 0 Å². The Morgan fingerprint density at radius 3 is 1.76 bits per heavy atom. The van der Waals surface area contributed by atoms with Gasteiger partial charge in [0.05, 0.1) is 0 Å². The molecule has 0 aliphatic carbocycles. The average Bonchev–Trinajstić information content (AvgIpc) is 2.38. The van der Waals surface area contributed by atoms with Crippen LogP contribution in [0.4, 0.5) is 0 Å². The van der Waals surface area contributed by atoms with Crippen LogP contribution in [0.1, 0.15) is 92.4 Å². The van der Waals surface area contributed by atoms with Crippen molar-refractivity contribution >= 4 is 12.6 Å². The van der Waals surface area contributed by atoms with Crippen LogP contribution in [0, 0.1) is 17.8 Å². The van der Waals surface area contributed by atoms with Crippen LogP contribution in [0.3, 0.4) is 0 Å². The zero-order valence-corrected chi connectivity index (χ0v) is 16.2. The number of allylic oxidation sites excluding steroid dienone is 1. The highest BCUT2D eigenvalue weighted by Gasteiger charge is 2.06. The van der Waals surface area contributed by atoms with Crippen molar-refractivity contribution in [1.82, 2.24) is 0 Å². The van der Waals surface area contributed by atoms with Crippen LogP contribution >= 0.6 is 12.6 Å². The summed E-state index contributed by atoms with van der Waals surface area (Å²) in [6.07, 6.45) is 14.8. The normalized spacial score (nSPS) is 15.5. The highest BCUT2D eigenvalue weighted by molar-refractivity contribution is 7.80. The summed E-state index contributed by atoms with van der Waals surface area (Å²) in [7, 11) is 0. The summed E-state index contributed by atoms with van der Waals surface area (Å²) in [4.78, 5) is 0. The van der Waals surface area contributed by atoms with Gasteiger partial charge in [0.15, 0.2) is 0 Å². The minimum absolute atomic E-state index is 0.872. The smallest absolute Gasteiger partial charge is 0.00850 e. The third-order valence-electron chi connectivity index (χ3n) is 4.58. The number of hydrogen-bond acceptors (Lipinski definition) is 1. The van der Waals surface area contributed by atoms with E-state index in [1.54, 1.807) is 0 Å². The Morgan fingerprint density at radius 2 is 1.29 bits per heavy atom. The fourth-order valence-electron chi connectivity index (χ4n) is 2.97. The van der Waals surface area contributed by atoms with Gasteiger partial charge >= 0.3 is 0 Å². The Balaban J connectivity index is 3.52. The molecule has 0 nitrogen and oxygen atoms in total. The first-order valence-electron chi connectivity index (χ1n) is 9.22. The summed E-state index contributed by atoms with van der Waals surface area (Å²) >= 11 is 4.25. The Hall–Kier alpha value is 0.0900. The molecule has 0 aromatic rings. The quantitative estimate of drug-likeness (QED) is 0.267. The molecule has 0 saturated heterocycles. The number of hydrogen-bond donors (Lipinski definition) is 1. The molecule has 0 aliphatic heterocycles. The van der Waals surface area contributed by atoms with E-state index >= 15 is 0 Å². The molecule has 2 atom stereocenters. The summed E-state index contributed by atoms with van der Waals surface area (Å²) in [5.74, 6) is 3.58. The van der Waals surface area contributed by atoms with Gasteiger partial charge in [-0.15, -0.1) is 0 Å². The predicted molar refractivity (Wildman–Crippen MR) is 102 cm³/mol. The maximum absolute atomic E-state index is 4.25. The molecule has 126 valence electrons. The van der Waals surface area contributed by atoms with Gasteiger partial charge < -0.3 is 0 Å². The van der Waals surface area contributed by atoms with Crippen molar-refractivity contribution in [2.24, 2.45) is 17.8 Å². The summed E-state index contributed by atoms with van der Waals surface area (Å²) < 4.78 is 0. The molecule has 0 spiro atoms. The van der Waals surface area contributed by atoms with Crippen molar-refractivity contribution in [2.45, 2.75) is 92.4 Å². The van der Waals surface area contributed by atoms with E-state index < -0.39 is 0 Å². The topological polar surface area (TPSA) is 0 Å². The highest BCUT2D eigenvalue weighted by Crippen LogP contribution is 2.21. The van der Waals surface area contributed by atoms with Crippen LogP contribution in [0.2, 0.25) is 0 Å². The van der Waals surface area contributed by atoms with Gasteiger partial charge in [0.2, 0.25) is 0 Å². The van der Waals surface area contributed by atoms with Crippen molar-refractivity contribution < 1.29 is 0 Å². The van der Waals surface area contributed by atoms with Crippen LogP contribution in [0.5, 0.6) is 0 Å². The molecule has 1 heteroatoms. The van der Waals surface area contributed by atoms with Crippen molar-refractivity contribution in [2.75, 3.05) is 5.75 Å². The van der Waals surface area contributed by atoms with Gasteiger partial charge in [-0.25, -0.2) is 0 Å². The van der Waals surface area contributed by atoms with E-state index in [0.29, 0.717) is 0 Å². The van der Waals surface area contributed by atoms with Gasteiger partial charge in [-0.3, -0.25) is 0 Å². The minimum Gasteiger partial charge on any atom is -0.175 e. The third kappa shape index (κ3) is 14.8. The first-order valence-corrected chi connectivity index (χ1v) is 9.85. The lowest BCUT2D eigenvalue weighted by Crippen LogP contribution is -2.00. The Kier molecular flexibility index (Phi) is 13.8. The summed E-state index contributed by atoms with van der Waals surface area (Å²) in [5, 5.41) is 0. The molecule has 0 rings (SSSR count). The average molecular weight is 313 g/mol. The summed E-state index contributed by atoms with van der Waals surface area (Å²) in [6.45, 7) is 11.8. The van der Waals surface area contributed by atoms with Crippen molar-refractivity contribution in [3.63, 3.8) is 0 Å². The largest absolute Gasteiger partial charge is 0.175 e. The van der Waals surface area contributed by atoms with Crippen LogP contribution in [0.15, 0.2) is 11.6 Å². The number of thiol groups is 1. The fraction of sp³-hybridized carbons (Fsp3) is 0.900. The molecule has 0 N–H and O–H groups in total. The van der Waals surface area contributed by atoms with Crippen molar-refractivity contribution in [3.05, 3.63) is 11.6 Å². The maximum Gasteiger partial charge on any atom is 0.00850 e. The minimum atomic E-state index is 0.872. The summed E-state index contributed by atoms with van der Waals surface area (Å²) in [5.41, 5.74) is 1.51. The predicted octanol–water partition coefficient (Wildman–Crippen LogP) is 7.30. The molecule has 21 heavy (non-hydrogen) atoms. The van der Waals surface area contributed by atoms with Gasteiger partial charge in [0.25, 0.3) is 0 Å². The molecule has 0 aromatic heterocycles. The third-order valence-corrected chi connectivity index (χ3v) is 4.76. The van der Waals surface area contributed by atoms with E-state index in [0.717, 1.165) is 23.5 Å². The molecular formula is C20H40S. The van der Waals surface area contributed by atoms with Gasteiger partial charge in [-0.1, -0.05) is 84.3 Å². The molecule has 0 amide bonds. The second kappa shape index (κ2) is 13.7. The zero-order valence-electron chi connectivity index (χ0n) is 15.3. The Labute approximate surface area is 140 Å². The first kappa shape index (κ1) is 21.1. The van der Waals surface area contributed by atoms with Crippen LogP contribution in [-0.2, 0) is 0 Å². The van der Waals surface area contributed by atoms with Crippen molar-refractivity contribution in [3.8, 4) is 0 Å². The lowest BCUT2D eigenvalue weighted by atomic mass is 9.91. The molecule has 0 radical (unpaired) electrons. The van der Waals surface area contributed by atoms with E-state index in [-0.39, 0.29) is 0 Å². The molecule has 0 saturated carbocycles. The van der Waals surface area contributed by atoms with E-state index in [4.69, 9.17) is 0 Å². The van der Waals surface area contributed by atoms with Gasteiger partial charge in [-0.2, -0.15) is 12.6 Å². The van der Waals surface area contributed by atoms with E-state index in [1.165, 1.54) is 63.4 Å². The molecule has 0 aromatic carbocycles. The molecule has 0 bridgehead atoms. The highest BCUT2D eigenvalue weighted by atomic mass is 32.1. The van der Waals surface area contributed by atoms with E-state index in [2.05, 4.69) is 53.3 Å². The van der Waals surface area contributed by atoms with Crippen LogP contribution in [-0.4, -0.2) is 5.75 Å². The van der Waals surface area contributed by atoms with E-state index in [1.807, 2.05) is 0 Å². The molecule has 0 heterocycles. The summed E-state index contributed by atoms with van der Waals surface area (Å²) in [6, 6.07) is 0. The zero-order chi connectivity index (χ0) is 16.1. The Bertz CT molecular complexity index is 255. The second-order valence-electron chi connectivity index (χ2n) is 7.59. The van der Waals surface area contributed by atoms with Gasteiger partial charge in [0, 0.05) is 5.75 Å². The lowest BCUT2D eigenvalue weighted by molar-refractivity contribution is 0.389. The fourth-order valence-corrected chi connectivity index (χ4v) is 3.28. The second-order valence-corrected chi connectivity index (χ2v) is 7.96. The molecule has 2 unspecified atom stereocenters. The molecule has 0 fully saturated rings.